The van der Waals surface area contributed by atoms with Crippen molar-refractivity contribution >= 4 is 5.78 Å². The molecule has 7 nitrogen and oxygen atoms in total. The van der Waals surface area contributed by atoms with Crippen LogP contribution in [0.3, 0.4) is 0 Å². The Balaban J connectivity index is 4.23. The van der Waals surface area contributed by atoms with Crippen molar-refractivity contribution < 1.29 is 25.2 Å². The molecule has 0 amide bonds. The lowest BCUT2D eigenvalue weighted by atomic mass is 10.0. The van der Waals surface area contributed by atoms with Gasteiger partial charge in [0.1, 0.15) is 12.2 Å². The maximum Gasteiger partial charge on any atom is 0.183 e. The second-order valence-corrected chi connectivity index (χ2v) is 4.31. The summed E-state index contributed by atoms with van der Waals surface area (Å²) in [6, 6.07) is -0.938. The minimum Gasteiger partial charge on any atom is -0.394 e. The van der Waals surface area contributed by atoms with Gasteiger partial charge in [-0.15, -0.1) is 0 Å². The van der Waals surface area contributed by atoms with E-state index in [0.717, 1.165) is 19.6 Å². The maximum absolute atomic E-state index is 11.7. The molecule has 0 aromatic carbocycles. The Kier molecular flexibility index (Phi) is 9.94. The third-order valence-electron chi connectivity index (χ3n) is 3.08. The van der Waals surface area contributed by atoms with E-state index >= 15 is 0 Å². The summed E-state index contributed by atoms with van der Waals surface area (Å²) in [6.45, 7) is 5.87. The number of aliphatic hydroxyl groups excluding tert-OH is 4. The molecule has 5 N–H and O–H groups in total. The number of hydrogen-bond donors (Lipinski definition) is 5. The summed E-state index contributed by atoms with van der Waals surface area (Å²) in [7, 11) is 0. The number of Topliss-reactive ketones (excluding diaryl/α,β-unsaturated/α-hetero) is 1. The van der Waals surface area contributed by atoms with E-state index in [0.29, 0.717) is 6.54 Å². The minimum absolute atomic E-state index is 0.466. The zero-order valence-electron chi connectivity index (χ0n) is 11.6. The smallest absolute Gasteiger partial charge is 0.183 e. The second-order valence-electron chi connectivity index (χ2n) is 4.31. The van der Waals surface area contributed by atoms with Gasteiger partial charge in [-0.05, 0) is 13.1 Å². The molecule has 0 radical (unpaired) electrons. The van der Waals surface area contributed by atoms with E-state index in [1.165, 1.54) is 0 Å². The highest BCUT2D eigenvalue weighted by Gasteiger charge is 2.29. The molecule has 0 aromatic rings. The fourth-order valence-corrected chi connectivity index (χ4v) is 1.69. The number of ketones is 1. The van der Waals surface area contributed by atoms with Gasteiger partial charge in [-0.2, -0.15) is 0 Å². The Morgan fingerprint density at radius 3 is 2.16 bits per heavy atom. The van der Waals surface area contributed by atoms with Crippen molar-refractivity contribution in [2.75, 3.05) is 39.4 Å². The average molecular weight is 278 g/mol. The van der Waals surface area contributed by atoms with Gasteiger partial charge in [-0.3, -0.25) is 4.79 Å². The summed E-state index contributed by atoms with van der Waals surface area (Å²) in [4.78, 5) is 13.9. The molecule has 0 heterocycles. The minimum atomic E-state index is -1.69. The van der Waals surface area contributed by atoms with Crippen LogP contribution >= 0.6 is 0 Å². The molecule has 0 aliphatic rings. The van der Waals surface area contributed by atoms with Crippen LogP contribution in [0.5, 0.6) is 0 Å². The SMILES string of the molecule is CCN(CC)CCN[C@@H](CO)C(=O)[C@H](O)[C@H](O)CO. The Bertz CT molecular complexity index is 248. The first-order valence-electron chi connectivity index (χ1n) is 6.59. The molecule has 0 aromatic heterocycles. The lowest BCUT2D eigenvalue weighted by molar-refractivity contribution is -0.137. The second kappa shape index (κ2) is 10.2. The van der Waals surface area contributed by atoms with Gasteiger partial charge < -0.3 is 30.6 Å². The molecule has 7 heteroatoms. The van der Waals surface area contributed by atoms with E-state index in [4.69, 9.17) is 10.2 Å². The molecule has 0 bridgehead atoms. The highest BCUT2D eigenvalue weighted by molar-refractivity contribution is 5.88. The van der Waals surface area contributed by atoms with Crippen molar-refractivity contribution in [2.24, 2.45) is 0 Å². The summed E-state index contributed by atoms with van der Waals surface area (Å²) < 4.78 is 0. The van der Waals surface area contributed by atoms with Crippen LogP contribution in [0.25, 0.3) is 0 Å². The first kappa shape index (κ1) is 18.4. The number of nitrogens with zero attached hydrogens (tertiary/aromatic N) is 1. The van der Waals surface area contributed by atoms with Gasteiger partial charge in [0, 0.05) is 13.1 Å². The summed E-state index contributed by atoms with van der Waals surface area (Å²) in [6.07, 6.45) is -3.21. The van der Waals surface area contributed by atoms with Gasteiger partial charge >= 0.3 is 0 Å². The van der Waals surface area contributed by atoms with Crippen LogP contribution < -0.4 is 5.32 Å². The molecule has 0 fully saturated rings. The monoisotopic (exact) mass is 278 g/mol. The Labute approximate surface area is 113 Å². The number of likely N-dealkylation sites (N-methyl/N-ethyl adjacent to an activating group) is 1. The molecule has 0 rings (SSSR count). The van der Waals surface area contributed by atoms with Crippen LogP contribution in [-0.4, -0.2) is 88.8 Å². The largest absolute Gasteiger partial charge is 0.394 e. The highest BCUT2D eigenvalue weighted by atomic mass is 16.4. The quantitative estimate of drug-likeness (QED) is 0.285. The van der Waals surface area contributed by atoms with E-state index in [1.807, 2.05) is 13.8 Å². The third kappa shape index (κ3) is 6.42. The maximum atomic E-state index is 11.7. The Morgan fingerprint density at radius 2 is 1.74 bits per heavy atom. The number of carbonyl (C=O) groups is 1. The normalized spacial score (nSPS) is 16.4. The van der Waals surface area contributed by atoms with Gasteiger partial charge in [0.15, 0.2) is 5.78 Å². The van der Waals surface area contributed by atoms with Gasteiger partial charge in [-0.25, -0.2) is 0 Å². The number of nitrogens with one attached hydrogen (secondary N) is 1. The topological polar surface area (TPSA) is 113 Å². The molecular weight excluding hydrogens is 252 g/mol. The Hall–Kier alpha value is -0.570. The van der Waals surface area contributed by atoms with E-state index in [9.17, 15) is 15.0 Å². The summed E-state index contributed by atoms with van der Waals surface area (Å²) in [5.41, 5.74) is 0. The lowest BCUT2D eigenvalue weighted by Crippen LogP contribution is -2.51. The standard InChI is InChI=1S/C12H26N2O5/c1-3-14(4-2)6-5-13-9(7-15)11(18)12(19)10(17)8-16/h9-10,12-13,15-17,19H,3-8H2,1-2H3/t9-,10+,12+/m0/s1. The summed E-state index contributed by atoms with van der Waals surface area (Å²) in [5, 5.41) is 39.3. The van der Waals surface area contributed by atoms with Crippen molar-refractivity contribution in [3.8, 4) is 0 Å². The van der Waals surface area contributed by atoms with E-state index in [1.54, 1.807) is 0 Å². The molecule has 0 saturated carbocycles. The van der Waals surface area contributed by atoms with Crippen molar-refractivity contribution in [3.63, 3.8) is 0 Å². The van der Waals surface area contributed by atoms with Crippen LogP contribution in [0, 0.1) is 0 Å². The van der Waals surface area contributed by atoms with Gasteiger partial charge in [0.25, 0.3) is 0 Å². The van der Waals surface area contributed by atoms with Crippen molar-refractivity contribution in [3.05, 3.63) is 0 Å². The van der Waals surface area contributed by atoms with Gasteiger partial charge in [-0.1, -0.05) is 13.8 Å². The number of rotatable bonds is 11. The molecular formula is C12H26N2O5. The van der Waals surface area contributed by atoms with Crippen LogP contribution in [0.15, 0.2) is 0 Å². The van der Waals surface area contributed by atoms with Crippen molar-refractivity contribution in [1.82, 2.24) is 10.2 Å². The zero-order chi connectivity index (χ0) is 14.8. The van der Waals surface area contributed by atoms with Crippen LogP contribution in [-0.2, 0) is 4.79 Å². The average Bonchev–Trinajstić information content (AvgIpc) is 2.45. The fourth-order valence-electron chi connectivity index (χ4n) is 1.69. The molecule has 0 aliphatic heterocycles. The van der Waals surface area contributed by atoms with Crippen molar-refractivity contribution in [1.29, 1.82) is 0 Å². The van der Waals surface area contributed by atoms with Crippen molar-refractivity contribution in [2.45, 2.75) is 32.1 Å². The van der Waals surface area contributed by atoms with Crippen LogP contribution in [0.2, 0.25) is 0 Å². The zero-order valence-corrected chi connectivity index (χ0v) is 11.6. The van der Waals surface area contributed by atoms with E-state index in [-0.39, 0.29) is 0 Å². The van der Waals surface area contributed by atoms with E-state index in [2.05, 4.69) is 10.2 Å². The highest BCUT2D eigenvalue weighted by Crippen LogP contribution is 1.99. The predicted octanol–water partition coefficient (Wildman–Crippen LogP) is -2.44. The molecule has 3 atom stereocenters. The van der Waals surface area contributed by atoms with Crippen LogP contribution in [0.1, 0.15) is 13.8 Å². The Morgan fingerprint density at radius 1 is 1.16 bits per heavy atom. The first-order chi connectivity index (χ1) is 9.01. The number of hydrogen-bond acceptors (Lipinski definition) is 7. The summed E-state index contributed by atoms with van der Waals surface area (Å²) >= 11 is 0. The van der Waals surface area contributed by atoms with Gasteiger partial charge in [0.05, 0.1) is 19.3 Å². The molecule has 0 saturated heterocycles. The van der Waals surface area contributed by atoms with Crippen LogP contribution in [0.4, 0.5) is 0 Å². The molecule has 0 unspecified atom stereocenters. The van der Waals surface area contributed by atoms with E-state index < -0.39 is 37.2 Å². The number of aliphatic hydroxyl groups is 4. The van der Waals surface area contributed by atoms with Gasteiger partial charge in [0.2, 0.25) is 0 Å². The molecule has 0 spiro atoms. The summed E-state index contributed by atoms with van der Waals surface area (Å²) in [5.74, 6) is -0.719. The molecule has 114 valence electrons. The fraction of sp³-hybridized carbons (Fsp3) is 0.917. The predicted molar refractivity (Wildman–Crippen MR) is 70.8 cm³/mol. The molecule has 0 aliphatic carbocycles. The third-order valence-corrected chi connectivity index (χ3v) is 3.08. The lowest BCUT2D eigenvalue weighted by Gasteiger charge is -2.23. The first-order valence-corrected chi connectivity index (χ1v) is 6.59. The number of carbonyl (C=O) groups excluding carboxylic acids is 1. The molecule has 19 heavy (non-hydrogen) atoms.